The number of halogens is 1. The first-order valence-corrected chi connectivity index (χ1v) is 5.48. The van der Waals surface area contributed by atoms with E-state index in [1.807, 2.05) is 0 Å². The minimum absolute atomic E-state index is 0.696. The molecule has 14 heavy (non-hydrogen) atoms. The molecule has 0 saturated heterocycles. The molecule has 0 aliphatic rings. The maximum absolute atomic E-state index is 5.56. The molecule has 0 saturated carbocycles. The predicted octanol–water partition coefficient (Wildman–Crippen LogP) is 2.74. The van der Waals surface area contributed by atoms with Gasteiger partial charge in [-0.15, -0.1) is 0 Å². The van der Waals surface area contributed by atoms with E-state index in [9.17, 15) is 0 Å². The monoisotopic (exact) mass is 252 g/mol. The Bertz CT molecular complexity index is 460. The fraction of sp³-hybridized carbons (Fsp3) is 0.273. The molecule has 0 atom stereocenters. The molecule has 2 nitrogen and oxygen atoms in total. The average molecular weight is 253 g/mol. The number of nitrogens with one attached hydrogen (secondary N) is 1. The van der Waals surface area contributed by atoms with Crippen molar-refractivity contribution in [2.24, 2.45) is 5.73 Å². The summed E-state index contributed by atoms with van der Waals surface area (Å²) in [5, 5.41) is 1.29. The van der Waals surface area contributed by atoms with Gasteiger partial charge in [-0.05, 0) is 37.1 Å². The number of aryl methyl sites for hydroxylation is 1. The highest BCUT2D eigenvalue weighted by atomic mass is 79.9. The van der Waals surface area contributed by atoms with Gasteiger partial charge in [0.2, 0.25) is 0 Å². The smallest absolute Gasteiger partial charge is 0.0497 e. The fourth-order valence-electron chi connectivity index (χ4n) is 1.74. The van der Waals surface area contributed by atoms with Crippen molar-refractivity contribution in [2.45, 2.75) is 13.3 Å². The van der Waals surface area contributed by atoms with Crippen LogP contribution in [0.15, 0.2) is 22.8 Å². The SMILES string of the molecule is Cc1c(Br)ccc2c(CCN)c[nH]c12. The van der Waals surface area contributed by atoms with Crippen LogP contribution in [-0.4, -0.2) is 11.5 Å². The number of hydrogen-bond donors (Lipinski definition) is 2. The molecule has 2 aromatic rings. The lowest BCUT2D eigenvalue weighted by Crippen LogP contribution is -2.01. The molecule has 3 N–H and O–H groups in total. The molecular formula is C11H13BrN2. The van der Waals surface area contributed by atoms with Gasteiger partial charge in [0, 0.05) is 21.6 Å². The Morgan fingerprint density at radius 3 is 2.93 bits per heavy atom. The third-order valence-electron chi connectivity index (χ3n) is 2.55. The van der Waals surface area contributed by atoms with E-state index in [0.29, 0.717) is 6.54 Å². The summed E-state index contributed by atoms with van der Waals surface area (Å²) < 4.78 is 1.14. The molecule has 3 heteroatoms. The number of H-pyrrole nitrogens is 1. The summed E-state index contributed by atoms with van der Waals surface area (Å²) in [5.41, 5.74) is 9.33. The van der Waals surface area contributed by atoms with Gasteiger partial charge < -0.3 is 10.7 Å². The Balaban J connectivity index is 2.64. The molecule has 0 aliphatic carbocycles. The predicted molar refractivity (Wildman–Crippen MR) is 63.5 cm³/mol. The highest BCUT2D eigenvalue weighted by Crippen LogP contribution is 2.27. The Morgan fingerprint density at radius 2 is 2.21 bits per heavy atom. The summed E-state index contributed by atoms with van der Waals surface area (Å²) in [6.45, 7) is 2.80. The summed E-state index contributed by atoms with van der Waals surface area (Å²) in [6.07, 6.45) is 2.98. The highest BCUT2D eigenvalue weighted by Gasteiger charge is 2.06. The number of aromatic amines is 1. The number of nitrogens with two attached hydrogens (primary N) is 1. The lowest BCUT2D eigenvalue weighted by molar-refractivity contribution is 0.976. The van der Waals surface area contributed by atoms with E-state index in [1.165, 1.54) is 22.0 Å². The van der Waals surface area contributed by atoms with Crippen molar-refractivity contribution in [1.82, 2.24) is 4.98 Å². The van der Waals surface area contributed by atoms with Crippen LogP contribution in [0.25, 0.3) is 10.9 Å². The first-order chi connectivity index (χ1) is 6.74. The largest absolute Gasteiger partial charge is 0.361 e. The fourth-order valence-corrected chi connectivity index (χ4v) is 2.07. The summed E-state index contributed by atoms with van der Waals surface area (Å²) >= 11 is 3.52. The second-order valence-corrected chi connectivity index (χ2v) is 4.30. The Kier molecular flexibility index (Phi) is 2.61. The standard InChI is InChI=1S/C11H13BrN2/c1-7-10(12)3-2-9-8(4-5-13)6-14-11(7)9/h2-3,6,14H,4-5,13H2,1H3. The number of benzene rings is 1. The van der Waals surface area contributed by atoms with Crippen LogP contribution in [-0.2, 0) is 6.42 Å². The molecule has 2 rings (SSSR count). The van der Waals surface area contributed by atoms with Gasteiger partial charge in [0.25, 0.3) is 0 Å². The molecule has 1 heterocycles. The topological polar surface area (TPSA) is 41.8 Å². The summed E-state index contributed by atoms with van der Waals surface area (Å²) in [5.74, 6) is 0. The number of hydrogen-bond acceptors (Lipinski definition) is 1. The molecule has 1 aromatic heterocycles. The maximum atomic E-state index is 5.56. The highest BCUT2D eigenvalue weighted by molar-refractivity contribution is 9.10. The van der Waals surface area contributed by atoms with Gasteiger partial charge in [-0.25, -0.2) is 0 Å². The normalized spacial score (nSPS) is 11.1. The second kappa shape index (κ2) is 3.75. The average Bonchev–Trinajstić information content (AvgIpc) is 2.57. The minimum Gasteiger partial charge on any atom is -0.361 e. The quantitative estimate of drug-likeness (QED) is 0.848. The summed E-state index contributed by atoms with van der Waals surface area (Å²) in [4.78, 5) is 3.30. The van der Waals surface area contributed by atoms with Gasteiger partial charge in [-0.1, -0.05) is 22.0 Å². The van der Waals surface area contributed by atoms with Crippen LogP contribution in [0.2, 0.25) is 0 Å². The van der Waals surface area contributed by atoms with Crippen molar-refractivity contribution in [3.05, 3.63) is 33.9 Å². The summed E-state index contributed by atoms with van der Waals surface area (Å²) in [7, 11) is 0. The van der Waals surface area contributed by atoms with Crippen LogP contribution < -0.4 is 5.73 Å². The van der Waals surface area contributed by atoms with Crippen LogP contribution in [0.5, 0.6) is 0 Å². The van der Waals surface area contributed by atoms with Crippen molar-refractivity contribution in [2.75, 3.05) is 6.54 Å². The van der Waals surface area contributed by atoms with Gasteiger partial charge in [0.15, 0.2) is 0 Å². The van der Waals surface area contributed by atoms with Crippen LogP contribution >= 0.6 is 15.9 Å². The Morgan fingerprint density at radius 1 is 1.43 bits per heavy atom. The van der Waals surface area contributed by atoms with Gasteiger partial charge in [-0.2, -0.15) is 0 Å². The molecule has 0 aliphatic heterocycles. The molecule has 0 radical (unpaired) electrons. The van der Waals surface area contributed by atoms with Crippen molar-refractivity contribution in [3.63, 3.8) is 0 Å². The van der Waals surface area contributed by atoms with E-state index in [0.717, 1.165) is 10.9 Å². The van der Waals surface area contributed by atoms with Gasteiger partial charge >= 0.3 is 0 Å². The zero-order chi connectivity index (χ0) is 10.1. The molecule has 0 unspecified atom stereocenters. The molecule has 0 bridgehead atoms. The Hall–Kier alpha value is -0.800. The van der Waals surface area contributed by atoms with Crippen molar-refractivity contribution >= 4 is 26.8 Å². The van der Waals surface area contributed by atoms with Gasteiger partial charge in [0.05, 0.1) is 0 Å². The number of fused-ring (bicyclic) bond motifs is 1. The third-order valence-corrected chi connectivity index (χ3v) is 3.41. The number of aromatic nitrogens is 1. The maximum Gasteiger partial charge on any atom is 0.0497 e. The van der Waals surface area contributed by atoms with E-state index >= 15 is 0 Å². The van der Waals surface area contributed by atoms with Crippen LogP contribution in [0.3, 0.4) is 0 Å². The van der Waals surface area contributed by atoms with E-state index in [4.69, 9.17) is 5.73 Å². The molecule has 74 valence electrons. The van der Waals surface area contributed by atoms with Crippen LogP contribution in [0.1, 0.15) is 11.1 Å². The number of rotatable bonds is 2. The van der Waals surface area contributed by atoms with E-state index in [1.54, 1.807) is 0 Å². The first-order valence-electron chi connectivity index (χ1n) is 4.69. The minimum atomic E-state index is 0.696. The van der Waals surface area contributed by atoms with Crippen molar-refractivity contribution < 1.29 is 0 Å². The molecule has 0 amide bonds. The van der Waals surface area contributed by atoms with Crippen molar-refractivity contribution in [1.29, 1.82) is 0 Å². The van der Waals surface area contributed by atoms with Gasteiger partial charge in [0.1, 0.15) is 0 Å². The first kappa shape index (κ1) is 9.74. The Labute approximate surface area is 91.6 Å². The molecule has 1 aromatic carbocycles. The molecule has 0 fully saturated rings. The lowest BCUT2D eigenvalue weighted by Gasteiger charge is -2.00. The third kappa shape index (κ3) is 1.47. The van der Waals surface area contributed by atoms with Gasteiger partial charge in [-0.3, -0.25) is 0 Å². The van der Waals surface area contributed by atoms with E-state index < -0.39 is 0 Å². The second-order valence-electron chi connectivity index (χ2n) is 3.45. The molecule has 0 spiro atoms. The van der Waals surface area contributed by atoms with E-state index in [2.05, 4.69) is 46.2 Å². The van der Waals surface area contributed by atoms with Crippen LogP contribution in [0.4, 0.5) is 0 Å². The zero-order valence-electron chi connectivity index (χ0n) is 8.10. The molecular weight excluding hydrogens is 240 g/mol. The van der Waals surface area contributed by atoms with Crippen molar-refractivity contribution in [3.8, 4) is 0 Å². The summed E-state index contributed by atoms with van der Waals surface area (Å²) in [6, 6.07) is 4.22. The lowest BCUT2D eigenvalue weighted by atomic mass is 10.1. The zero-order valence-corrected chi connectivity index (χ0v) is 9.69. The van der Waals surface area contributed by atoms with E-state index in [-0.39, 0.29) is 0 Å². The van der Waals surface area contributed by atoms with Crippen LogP contribution in [0, 0.1) is 6.92 Å².